The fourth-order valence-corrected chi connectivity index (χ4v) is 1.43. The predicted octanol–water partition coefficient (Wildman–Crippen LogP) is 1.29. The summed E-state index contributed by atoms with van der Waals surface area (Å²) in [6.45, 7) is 3.58. The van der Waals surface area contributed by atoms with Crippen LogP contribution in [0.5, 0.6) is 0 Å². The summed E-state index contributed by atoms with van der Waals surface area (Å²) in [4.78, 5) is 15.3. The fraction of sp³-hybridized carbons (Fsp3) is 0.364. The largest absolute Gasteiger partial charge is 0.469 e. The van der Waals surface area contributed by atoms with E-state index < -0.39 is 0 Å². The van der Waals surface area contributed by atoms with Crippen molar-refractivity contribution in [2.45, 2.75) is 20.3 Å². The molecule has 0 spiro atoms. The van der Waals surface area contributed by atoms with Crippen molar-refractivity contribution in [3.8, 4) is 6.07 Å². The molecule has 1 heterocycles. The first kappa shape index (κ1) is 11.2. The molecule has 0 aliphatic carbocycles. The van der Waals surface area contributed by atoms with Crippen molar-refractivity contribution in [3.05, 3.63) is 28.6 Å². The van der Waals surface area contributed by atoms with Gasteiger partial charge in [0.25, 0.3) is 0 Å². The Morgan fingerprint density at radius 3 is 2.80 bits per heavy atom. The average molecular weight is 204 g/mol. The highest BCUT2D eigenvalue weighted by Crippen LogP contribution is 2.14. The predicted molar refractivity (Wildman–Crippen MR) is 54.1 cm³/mol. The normalized spacial score (nSPS) is 9.47. The minimum atomic E-state index is -0.350. The van der Waals surface area contributed by atoms with Gasteiger partial charge in [0.2, 0.25) is 0 Å². The quantitative estimate of drug-likeness (QED) is 0.681. The summed E-state index contributed by atoms with van der Waals surface area (Å²) in [7, 11) is 1.33. The number of methoxy groups -OCH3 is 1. The number of carbonyl (C=O) groups is 1. The number of pyridine rings is 1. The highest BCUT2D eigenvalue weighted by Gasteiger charge is 2.11. The monoisotopic (exact) mass is 204 g/mol. The van der Waals surface area contributed by atoms with Gasteiger partial charge >= 0.3 is 5.97 Å². The summed E-state index contributed by atoms with van der Waals surface area (Å²) in [6.07, 6.45) is 0.115. The maximum atomic E-state index is 11.1. The molecule has 0 amide bonds. The molecule has 0 atom stereocenters. The van der Waals surface area contributed by atoms with E-state index in [0.717, 1.165) is 5.69 Å². The Kier molecular flexibility index (Phi) is 3.40. The summed E-state index contributed by atoms with van der Waals surface area (Å²) < 4.78 is 4.56. The lowest BCUT2D eigenvalue weighted by molar-refractivity contribution is -0.139. The summed E-state index contributed by atoms with van der Waals surface area (Å²) in [5, 5.41) is 8.93. The highest BCUT2D eigenvalue weighted by atomic mass is 16.5. The summed E-state index contributed by atoms with van der Waals surface area (Å²) in [6, 6.07) is 3.79. The number of nitriles is 1. The molecule has 1 rings (SSSR count). The number of rotatable bonds is 2. The maximum Gasteiger partial charge on any atom is 0.310 e. The molecule has 0 saturated heterocycles. The first-order valence-corrected chi connectivity index (χ1v) is 4.52. The van der Waals surface area contributed by atoms with E-state index in [1.54, 1.807) is 13.0 Å². The van der Waals surface area contributed by atoms with Crippen molar-refractivity contribution in [1.29, 1.82) is 5.26 Å². The van der Waals surface area contributed by atoms with Crippen molar-refractivity contribution >= 4 is 5.97 Å². The van der Waals surface area contributed by atoms with Crippen LogP contribution in [0, 0.1) is 25.2 Å². The van der Waals surface area contributed by atoms with Gasteiger partial charge in [-0.3, -0.25) is 9.78 Å². The zero-order valence-corrected chi connectivity index (χ0v) is 9.00. The van der Waals surface area contributed by atoms with Crippen LogP contribution < -0.4 is 0 Å². The Labute approximate surface area is 88.5 Å². The van der Waals surface area contributed by atoms with Crippen LogP contribution in [0.2, 0.25) is 0 Å². The summed E-state index contributed by atoms with van der Waals surface area (Å²) in [5.41, 5.74) is 2.59. The molecule has 4 heteroatoms. The zero-order valence-electron chi connectivity index (χ0n) is 9.00. The van der Waals surface area contributed by atoms with Crippen LogP contribution in [0.1, 0.15) is 22.5 Å². The smallest absolute Gasteiger partial charge is 0.310 e. The topological polar surface area (TPSA) is 63.0 Å². The average Bonchev–Trinajstić information content (AvgIpc) is 2.17. The molecular weight excluding hydrogens is 192 g/mol. The maximum absolute atomic E-state index is 11.1. The third kappa shape index (κ3) is 2.53. The van der Waals surface area contributed by atoms with Gasteiger partial charge in [0.05, 0.1) is 24.8 Å². The first-order valence-electron chi connectivity index (χ1n) is 4.52. The lowest BCUT2D eigenvalue weighted by atomic mass is 10.0. The summed E-state index contributed by atoms with van der Waals surface area (Å²) >= 11 is 0. The minimum absolute atomic E-state index is 0.115. The number of ether oxygens (including phenoxy) is 1. The van der Waals surface area contributed by atoms with E-state index in [-0.39, 0.29) is 12.4 Å². The van der Waals surface area contributed by atoms with Crippen molar-refractivity contribution in [2.24, 2.45) is 0 Å². The Morgan fingerprint density at radius 2 is 2.27 bits per heavy atom. The third-order valence-electron chi connectivity index (χ3n) is 2.08. The van der Waals surface area contributed by atoms with Gasteiger partial charge in [0.1, 0.15) is 6.07 Å². The molecule has 4 nitrogen and oxygen atoms in total. The van der Waals surface area contributed by atoms with Crippen LogP contribution >= 0.6 is 0 Å². The molecule has 0 bridgehead atoms. The molecule has 1 aromatic rings. The van der Waals surface area contributed by atoms with Crippen molar-refractivity contribution in [1.82, 2.24) is 4.98 Å². The van der Waals surface area contributed by atoms with Crippen LogP contribution in [0.4, 0.5) is 0 Å². The van der Waals surface area contributed by atoms with Gasteiger partial charge in [0.15, 0.2) is 0 Å². The molecule has 0 unspecified atom stereocenters. The van der Waals surface area contributed by atoms with E-state index in [1.165, 1.54) is 7.11 Å². The molecule has 0 radical (unpaired) electrons. The van der Waals surface area contributed by atoms with E-state index in [2.05, 4.69) is 15.8 Å². The van der Waals surface area contributed by atoms with Crippen molar-refractivity contribution in [2.75, 3.05) is 7.11 Å². The van der Waals surface area contributed by atoms with Crippen molar-refractivity contribution < 1.29 is 9.53 Å². The number of nitrogens with zero attached hydrogens (tertiary/aromatic N) is 2. The van der Waals surface area contributed by atoms with E-state index >= 15 is 0 Å². The van der Waals surface area contributed by atoms with E-state index in [9.17, 15) is 4.79 Å². The molecule has 78 valence electrons. The standard InChI is InChI=1S/C11H12N2O2/c1-7-4-9(5-11(14)15-3)10(6-12)8(2)13-7/h4H,5H2,1-3H3. The second-order valence-corrected chi connectivity index (χ2v) is 3.25. The molecule has 1 aromatic heterocycles. The minimum Gasteiger partial charge on any atom is -0.469 e. The molecule has 0 aliphatic rings. The van der Waals surface area contributed by atoms with Gasteiger partial charge in [-0.25, -0.2) is 0 Å². The van der Waals surface area contributed by atoms with Gasteiger partial charge in [-0.05, 0) is 25.5 Å². The third-order valence-corrected chi connectivity index (χ3v) is 2.08. The van der Waals surface area contributed by atoms with Gasteiger partial charge in [-0.1, -0.05) is 0 Å². The van der Waals surface area contributed by atoms with E-state index in [0.29, 0.717) is 16.8 Å². The van der Waals surface area contributed by atoms with Crippen LogP contribution in [0.3, 0.4) is 0 Å². The molecule has 0 N–H and O–H groups in total. The molecule has 0 fully saturated rings. The van der Waals surface area contributed by atoms with Crippen LogP contribution in [0.15, 0.2) is 6.07 Å². The van der Waals surface area contributed by atoms with Crippen molar-refractivity contribution in [3.63, 3.8) is 0 Å². The number of esters is 1. The molecule has 0 aromatic carbocycles. The molecular formula is C11H12N2O2. The Morgan fingerprint density at radius 1 is 1.60 bits per heavy atom. The number of hydrogen-bond acceptors (Lipinski definition) is 4. The lowest BCUT2D eigenvalue weighted by Gasteiger charge is -2.06. The Balaban J connectivity index is 3.16. The van der Waals surface area contributed by atoms with Crippen LogP contribution in [-0.2, 0) is 16.0 Å². The number of aromatic nitrogens is 1. The SMILES string of the molecule is COC(=O)Cc1cc(C)nc(C)c1C#N. The fourth-order valence-electron chi connectivity index (χ4n) is 1.43. The van der Waals surface area contributed by atoms with Crippen LogP contribution in [0.25, 0.3) is 0 Å². The van der Waals surface area contributed by atoms with E-state index in [4.69, 9.17) is 5.26 Å². The van der Waals surface area contributed by atoms with Gasteiger partial charge in [0, 0.05) is 5.69 Å². The highest BCUT2D eigenvalue weighted by molar-refractivity contribution is 5.73. The van der Waals surface area contributed by atoms with Gasteiger partial charge < -0.3 is 4.74 Å². The first-order chi connectivity index (χ1) is 7.08. The Bertz CT molecular complexity index is 433. The van der Waals surface area contributed by atoms with Crippen LogP contribution in [-0.4, -0.2) is 18.1 Å². The van der Waals surface area contributed by atoms with Gasteiger partial charge in [-0.15, -0.1) is 0 Å². The second kappa shape index (κ2) is 4.56. The van der Waals surface area contributed by atoms with E-state index in [1.807, 2.05) is 6.92 Å². The number of hydrogen-bond donors (Lipinski definition) is 0. The zero-order chi connectivity index (χ0) is 11.4. The molecule has 0 aliphatic heterocycles. The Hall–Kier alpha value is -1.89. The molecule has 15 heavy (non-hydrogen) atoms. The molecule has 0 saturated carbocycles. The second-order valence-electron chi connectivity index (χ2n) is 3.25. The summed E-state index contributed by atoms with van der Waals surface area (Å²) in [5.74, 6) is -0.350. The lowest BCUT2D eigenvalue weighted by Crippen LogP contribution is -2.08. The van der Waals surface area contributed by atoms with Gasteiger partial charge in [-0.2, -0.15) is 5.26 Å². The number of carbonyl (C=O) groups excluding carboxylic acids is 1. The number of aryl methyl sites for hydroxylation is 2.